The highest BCUT2D eigenvalue weighted by Crippen LogP contribution is 2.28. The molecule has 0 spiro atoms. The zero-order valence-electron chi connectivity index (χ0n) is 18.7. The van der Waals surface area contributed by atoms with Crippen LogP contribution in [0.1, 0.15) is 32.7 Å². The molecule has 0 radical (unpaired) electrons. The minimum atomic E-state index is -0.943. The maximum absolute atomic E-state index is 13.0. The Morgan fingerprint density at radius 3 is 2.17 bits per heavy atom. The van der Waals surface area contributed by atoms with Gasteiger partial charge in [0.1, 0.15) is 5.75 Å². The van der Waals surface area contributed by atoms with E-state index in [1.54, 1.807) is 66.7 Å². The molecular formula is C27H20N2O6. The van der Waals surface area contributed by atoms with Gasteiger partial charge < -0.3 is 15.4 Å². The van der Waals surface area contributed by atoms with Crippen LogP contribution >= 0.6 is 0 Å². The number of ketones is 4. The fourth-order valence-electron chi connectivity index (χ4n) is 3.67. The average Bonchev–Trinajstić information content (AvgIpc) is 2.87. The van der Waals surface area contributed by atoms with Crippen molar-refractivity contribution in [1.29, 1.82) is 0 Å². The first-order valence-corrected chi connectivity index (χ1v) is 10.6. The smallest absolute Gasteiger partial charge is 0.292 e. The quantitative estimate of drug-likeness (QED) is 0.294. The third-order valence-electron chi connectivity index (χ3n) is 5.39. The van der Waals surface area contributed by atoms with Gasteiger partial charge in [-0.25, -0.2) is 0 Å². The maximum atomic E-state index is 13.0. The van der Waals surface area contributed by atoms with Gasteiger partial charge in [-0.15, -0.1) is 0 Å². The van der Waals surface area contributed by atoms with Crippen LogP contribution in [-0.4, -0.2) is 36.1 Å². The van der Waals surface area contributed by atoms with E-state index < -0.39 is 35.5 Å². The molecule has 1 aliphatic rings. The summed E-state index contributed by atoms with van der Waals surface area (Å²) in [5.41, 5.74) is 1.93. The van der Waals surface area contributed by atoms with Crippen molar-refractivity contribution in [2.75, 3.05) is 17.7 Å². The number of carbonyl (C=O) groups excluding carboxylic acids is 5. The molecule has 8 nitrogen and oxygen atoms in total. The highest BCUT2D eigenvalue weighted by atomic mass is 16.5. The summed E-state index contributed by atoms with van der Waals surface area (Å²) in [5, 5.41) is 5.49. The molecule has 0 bridgehead atoms. The van der Waals surface area contributed by atoms with E-state index in [1.165, 1.54) is 19.3 Å². The van der Waals surface area contributed by atoms with Gasteiger partial charge in [-0.2, -0.15) is 0 Å². The number of para-hydroxylation sites is 3. The van der Waals surface area contributed by atoms with Crippen LogP contribution in [0.4, 0.5) is 11.4 Å². The van der Waals surface area contributed by atoms with Gasteiger partial charge >= 0.3 is 0 Å². The van der Waals surface area contributed by atoms with Gasteiger partial charge in [-0.1, -0.05) is 48.5 Å². The Bertz CT molecular complexity index is 1410. The number of Topliss-reactive ketones (excluding diaryl/α,β-unsaturated/α-hetero) is 3. The van der Waals surface area contributed by atoms with Crippen molar-refractivity contribution in [2.24, 2.45) is 0 Å². The minimum Gasteiger partial charge on any atom is -0.495 e. The second-order valence-corrected chi connectivity index (χ2v) is 7.65. The first kappa shape index (κ1) is 23.3. The number of methoxy groups -OCH3 is 1. The largest absolute Gasteiger partial charge is 0.495 e. The number of anilines is 2. The van der Waals surface area contributed by atoms with E-state index in [1.807, 2.05) is 0 Å². The Kier molecular flexibility index (Phi) is 6.64. The topological polar surface area (TPSA) is 119 Å². The summed E-state index contributed by atoms with van der Waals surface area (Å²) >= 11 is 0. The molecule has 174 valence electrons. The molecule has 3 aromatic rings. The summed E-state index contributed by atoms with van der Waals surface area (Å²) in [4.78, 5) is 62.2. The van der Waals surface area contributed by atoms with Crippen LogP contribution < -0.4 is 15.4 Å². The molecular weight excluding hydrogens is 448 g/mol. The lowest BCUT2D eigenvalue weighted by molar-refractivity contribution is -0.134. The molecule has 1 aliphatic carbocycles. The van der Waals surface area contributed by atoms with Gasteiger partial charge in [0.2, 0.25) is 17.3 Å². The molecule has 0 aromatic heterocycles. The zero-order chi connectivity index (χ0) is 24.9. The number of benzene rings is 3. The van der Waals surface area contributed by atoms with E-state index in [9.17, 15) is 24.0 Å². The van der Waals surface area contributed by atoms with Crippen molar-refractivity contribution in [2.45, 2.75) is 6.42 Å². The van der Waals surface area contributed by atoms with Crippen LogP contribution in [0.25, 0.3) is 5.70 Å². The van der Waals surface area contributed by atoms with E-state index in [0.717, 1.165) is 0 Å². The predicted molar refractivity (Wildman–Crippen MR) is 129 cm³/mol. The first-order valence-electron chi connectivity index (χ1n) is 10.6. The van der Waals surface area contributed by atoms with Crippen molar-refractivity contribution in [3.8, 4) is 5.75 Å². The summed E-state index contributed by atoms with van der Waals surface area (Å²) in [7, 11) is 1.43. The molecule has 0 aliphatic heterocycles. The molecule has 0 atom stereocenters. The third kappa shape index (κ3) is 4.91. The fourth-order valence-corrected chi connectivity index (χ4v) is 3.67. The Morgan fingerprint density at radius 2 is 1.43 bits per heavy atom. The lowest BCUT2D eigenvalue weighted by atomic mass is 9.92. The standard InChI is InChI=1S/C27H20N2O6/c1-35-25-13-7-6-12-20(25)29-27(34)24(32)15-22(30)18-10-4-5-11-19(18)28-21-14-23(31)26(33)17-9-3-2-8-16(17)21/h2-14,28H,15H2,1H3,(H,29,34). The van der Waals surface area contributed by atoms with Gasteiger partial charge in [-0.3, -0.25) is 24.0 Å². The Hall–Kier alpha value is -4.85. The SMILES string of the molecule is COc1ccccc1NC(=O)C(=O)CC(=O)c1ccccc1NC1=CC(=O)C(=O)c2ccccc21. The molecule has 0 saturated carbocycles. The number of amides is 1. The maximum Gasteiger partial charge on any atom is 0.292 e. The van der Waals surface area contributed by atoms with E-state index in [-0.39, 0.29) is 11.1 Å². The lowest BCUT2D eigenvalue weighted by Crippen LogP contribution is -2.25. The number of carbonyl (C=O) groups is 5. The number of rotatable bonds is 8. The predicted octanol–water partition coefficient (Wildman–Crippen LogP) is 3.69. The van der Waals surface area contributed by atoms with Crippen molar-refractivity contribution in [3.05, 3.63) is 95.6 Å². The second kappa shape index (κ2) is 9.96. The summed E-state index contributed by atoms with van der Waals surface area (Å²) in [5.74, 6) is -3.36. The molecule has 0 heterocycles. The fraction of sp³-hybridized carbons (Fsp3) is 0.0741. The van der Waals surface area contributed by atoms with Crippen LogP contribution in [-0.2, 0) is 14.4 Å². The summed E-state index contributed by atoms with van der Waals surface area (Å²) in [6, 6.07) is 19.6. The Balaban J connectivity index is 1.52. The molecule has 0 unspecified atom stereocenters. The van der Waals surface area contributed by atoms with E-state index in [0.29, 0.717) is 28.4 Å². The van der Waals surface area contributed by atoms with E-state index >= 15 is 0 Å². The van der Waals surface area contributed by atoms with Gasteiger partial charge in [0.05, 0.1) is 24.9 Å². The molecule has 4 rings (SSSR count). The summed E-state index contributed by atoms with van der Waals surface area (Å²) < 4.78 is 5.15. The summed E-state index contributed by atoms with van der Waals surface area (Å²) in [6.07, 6.45) is 0.518. The van der Waals surface area contributed by atoms with Crippen molar-refractivity contribution in [3.63, 3.8) is 0 Å². The monoisotopic (exact) mass is 468 g/mol. The molecule has 35 heavy (non-hydrogen) atoms. The highest BCUT2D eigenvalue weighted by molar-refractivity contribution is 6.50. The van der Waals surface area contributed by atoms with Crippen molar-refractivity contribution >= 4 is 46.1 Å². The van der Waals surface area contributed by atoms with E-state index in [4.69, 9.17) is 4.74 Å². The van der Waals surface area contributed by atoms with Crippen LogP contribution in [0, 0.1) is 0 Å². The number of fused-ring (bicyclic) bond motifs is 1. The zero-order valence-corrected chi connectivity index (χ0v) is 18.7. The number of nitrogens with one attached hydrogen (secondary N) is 2. The third-order valence-corrected chi connectivity index (χ3v) is 5.39. The molecule has 1 amide bonds. The minimum absolute atomic E-state index is 0.161. The second-order valence-electron chi connectivity index (χ2n) is 7.65. The average molecular weight is 468 g/mol. The van der Waals surface area contributed by atoms with Gasteiger partial charge in [0.15, 0.2) is 5.78 Å². The van der Waals surface area contributed by atoms with E-state index in [2.05, 4.69) is 10.6 Å². The van der Waals surface area contributed by atoms with Crippen molar-refractivity contribution in [1.82, 2.24) is 0 Å². The Morgan fingerprint density at radius 1 is 0.800 bits per heavy atom. The van der Waals surface area contributed by atoms with Gasteiger partial charge in [0.25, 0.3) is 5.91 Å². The van der Waals surface area contributed by atoms with Gasteiger partial charge in [0, 0.05) is 28.5 Å². The molecule has 2 N–H and O–H groups in total. The number of ether oxygens (including phenoxy) is 1. The van der Waals surface area contributed by atoms with Crippen LogP contribution in [0.5, 0.6) is 5.75 Å². The molecule has 0 fully saturated rings. The Labute approximate surface area is 200 Å². The molecule has 3 aromatic carbocycles. The molecule has 0 saturated heterocycles. The normalized spacial score (nSPS) is 12.3. The molecule has 8 heteroatoms. The van der Waals surface area contributed by atoms with Gasteiger partial charge in [-0.05, 0) is 24.3 Å². The highest BCUT2D eigenvalue weighted by Gasteiger charge is 2.27. The number of hydrogen-bond donors (Lipinski definition) is 2. The summed E-state index contributed by atoms with van der Waals surface area (Å²) in [6.45, 7) is 0. The lowest BCUT2D eigenvalue weighted by Gasteiger charge is -2.19. The van der Waals surface area contributed by atoms with Crippen LogP contribution in [0.2, 0.25) is 0 Å². The van der Waals surface area contributed by atoms with Crippen LogP contribution in [0.3, 0.4) is 0 Å². The first-order chi connectivity index (χ1) is 16.9. The number of hydrogen-bond acceptors (Lipinski definition) is 7. The van der Waals surface area contributed by atoms with Crippen LogP contribution in [0.15, 0.2) is 78.9 Å². The number of allylic oxidation sites excluding steroid dienone is 1. The van der Waals surface area contributed by atoms with Crippen molar-refractivity contribution < 1.29 is 28.7 Å².